The number of rotatable bonds is 13. The van der Waals surface area contributed by atoms with Gasteiger partial charge in [-0.05, 0) is 25.3 Å². The highest BCUT2D eigenvalue weighted by molar-refractivity contribution is 5.75. The van der Waals surface area contributed by atoms with Gasteiger partial charge in [-0.15, -0.1) is 0 Å². The molecule has 1 atom stereocenters. The van der Waals surface area contributed by atoms with E-state index in [0.29, 0.717) is 45.2 Å². The van der Waals surface area contributed by atoms with Gasteiger partial charge in [-0.2, -0.15) is 0 Å². The molecule has 0 aliphatic carbocycles. The predicted molar refractivity (Wildman–Crippen MR) is 77.0 cm³/mol. The van der Waals surface area contributed by atoms with Crippen LogP contribution >= 0.6 is 0 Å². The molecular weight excluding hydrogens is 244 g/mol. The molecule has 0 bridgehead atoms. The van der Waals surface area contributed by atoms with E-state index in [2.05, 4.69) is 12.2 Å². The lowest BCUT2D eigenvalue weighted by molar-refractivity contribution is -0.121. The lowest BCUT2D eigenvalue weighted by Crippen LogP contribution is -2.28. The smallest absolute Gasteiger partial charge is 0.220 e. The van der Waals surface area contributed by atoms with Gasteiger partial charge in [0.15, 0.2) is 0 Å². The molecule has 0 aromatic heterocycles. The molecule has 114 valence electrons. The van der Waals surface area contributed by atoms with E-state index < -0.39 is 0 Å². The van der Waals surface area contributed by atoms with Gasteiger partial charge in [-0.25, -0.2) is 0 Å². The Hall–Kier alpha value is -0.650. The van der Waals surface area contributed by atoms with Crippen LogP contribution in [0.25, 0.3) is 0 Å². The maximum atomic E-state index is 11.6. The van der Waals surface area contributed by atoms with Crippen LogP contribution in [-0.2, 0) is 14.3 Å². The summed E-state index contributed by atoms with van der Waals surface area (Å²) in [6.45, 7) is 5.14. The highest BCUT2D eigenvalue weighted by Gasteiger charge is 2.09. The van der Waals surface area contributed by atoms with Gasteiger partial charge in [-0.1, -0.05) is 19.8 Å². The van der Waals surface area contributed by atoms with Gasteiger partial charge in [-0.3, -0.25) is 4.79 Å². The van der Waals surface area contributed by atoms with E-state index >= 15 is 0 Å². The number of amides is 1. The van der Waals surface area contributed by atoms with Crippen LogP contribution < -0.4 is 11.1 Å². The molecule has 5 nitrogen and oxygen atoms in total. The Balaban J connectivity index is 3.50. The summed E-state index contributed by atoms with van der Waals surface area (Å²) >= 11 is 0. The molecule has 0 aliphatic heterocycles. The van der Waals surface area contributed by atoms with Gasteiger partial charge >= 0.3 is 0 Å². The topological polar surface area (TPSA) is 73.6 Å². The minimum Gasteiger partial charge on any atom is -0.382 e. The van der Waals surface area contributed by atoms with Crippen molar-refractivity contribution < 1.29 is 14.3 Å². The monoisotopic (exact) mass is 274 g/mol. The summed E-state index contributed by atoms with van der Waals surface area (Å²) in [5.41, 5.74) is 5.58. The highest BCUT2D eigenvalue weighted by Crippen LogP contribution is 2.16. The lowest BCUT2D eigenvalue weighted by atomic mass is 9.94. The third-order valence-corrected chi connectivity index (χ3v) is 3.05. The molecule has 0 fully saturated rings. The summed E-state index contributed by atoms with van der Waals surface area (Å²) in [5.74, 6) is 0.687. The predicted octanol–water partition coefficient (Wildman–Crippen LogP) is 1.31. The number of carbonyl (C=O) groups excluding carboxylic acids is 1. The molecule has 0 heterocycles. The van der Waals surface area contributed by atoms with Gasteiger partial charge in [0.25, 0.3) is 0 Å². The molecule has 0 spiro atoms. The van der Waals surface area contributed by atoms with Crippen LogP contribution in [0.5, 0.6) is 0 Å². The quantitative estimate of drug-likeness (QED) is 0.497. The Morgan fingerprint density at radius 3 is 2.63 bits per heavy atom. The first-order chi connectivity index (χ1) is 9.24. The van der Waals surface area contributed by atoms with Gasteiger partial charge in [0.2, 0.25) is 5.91 Å². The Morgan fingerprint density at radius 1 is 1.21 bits per heavy atom. The number of carbonyl (C=O) groups is 1. The number of ether oxygens (including phenoxy) is 2. The molecule has 0 radical (unpaired) electrons. The average molecular weight is 274 g/mol. The molecule has 0 aromatic rings. The van der Waals surface area contributed by atoms with Gasteiger partial charge in [0.1, 0.15) is 0 Å². The zero-order valence-corrected chi connectivity index (χ0v) is 12.5. The Labute approximate surface area is 117 Å². The van der Waals surface area contributed by atoms with E-state index in [9.17, 15) is 4.79 Å². The van der Waals surface area contributed by atoms with E-state index in [4.69, 9.17) is 15.2 Å². The summed E-state index contributed by atoms with van der Waals surface area (Å²) in [4.78, 5) is 11.6. The van der Waals surface area contributed by atoms with Crippen LogP contribution in [0.2, 0.25) is 0 Å². The molecular formula is C14H30N2O3. The first kappa shape index (κ1) is 18.4. The second-order valence-corrected chi connectivity index (χ2v) is 4.73. The number of hydrogen-bond acceptors (Lipinski definition) is 4. The summed E-state index contributed by atoms with van der Waals surface area (Å²) in [5, 5.41) is 2.86. The molecule has 1 unspecified atom stereocenters. The maximum Gasteiger partial charge on any atom is 0.220 e. The maximum absolute atomic E-state index is 11.6. The van der Waals surface area contributed by atoms with Crippen LogP contribution in [0, 0.1) is 5.92 Å². The lowest BCUT2D eigenvalue weighted by Gasteiger charge is -2.14. The molecule has 19 heavy (non-hydrogen) atoms. The van der Waals surface area contributed by atoms with Gasteiger partial charge < -0.3 is 20.5 Å². The second-order valence-electron chi connectivity index (χ2n) is 4.73. The van der Waals surface area contributed by atoms with Crippen LogP contribution in [0.15, 0.2) is 0 Å². The molecule has 5 heteroatoms. The minimum atomic E-state index is 0.105. The summed E-state index contributed by atoms with van der Waals surface area (Å²) in [7, 11) is 1.64. The Morgan fingerprint density at radius 2 is 2.00 bits per heavy atom. The zero-order valence-electron chi connectivity index (χ0n) is 12.5. The highest BCUT2D eigenvalue weighted by atomic mass is 16.5. The number of nitrogens with one attached hydrogen (secondary N) is 1. The number of nitrogens with two attached hydrogens (primary N) is 1. The van der Waals surface area contributed by atoms with Crippen molar-refractivity contribution in [3.8, 4) is 0 Å². The normalized spacial score (nSPS) is 12.4. The van der Waals surface area contributed by atoms with E-state index in [-0.39, 0.29) is 5.91 Å². The second kappa shape index (κ2) is 13.8. The van der Waals surface area contributed by atoms with Crippen molar-refractivity contribution in [2.24, 2.45) is 11.7 Å². The van der Waals surface area contributed by atoms with Crippen molar-refractivity contribution in [3.05, 3.63) is 0 Å². The van der Waals surface area contributed by atoms with Gasteiger partial charge in [0.05, 0.1) is 19.8 Å². The van der Waals surface area contributed by atoms with Crippen molar-refractivity contribution in [2.45, 2.75) is 39.0 Å². The number of hydrogen-bond donors (Lipinski definition) is 2. The third kappa shape index (κ3) is 12.1. The Bertz CT molecular complexity index is 207. The fourth-order valence-corrected chi connectivity index (χ4v) is 2.01. The van der Waals surface area contributed by atoms with E-state index in [1.807, 2.05) is 0 Å². The zero-order chi connectivity index (χ0) is 14.3. The fraction of sp³-hybridized carbons (Fsp3) is 0.929. The standard InChI is InChI=1S/C14H30N2O3/c1-3-4-13(7-8-15)5-6-14(17)16-9-10-19-12-11-18-2/h13H,3-12,15H2,1-2H3,(H,16,17). The summed E-state index contributed by atoms with van der Waals surface area (Å²) in [6, 6.07) is 0. The van der Waals surface area contributed by atoms with E-state index in [1.54, 1.807) is 7.11 Å². The van der Waals surface area contributed by atoms with Gasteiger partial charge in [0, 0.05) is 20.1 Å². The van der Waals surface area contributed by atoms with Crippen LogP contribution in [0.3, 0.4) is 0 Å². The number of methoxy groups -OCH3 is 1. The molecule has 0 rings (SSSR count). The van der Waals surface area contributed by atoms with E-state index in [1.165, 1.54) is 0 Å². The molecule has 0 aliphatic rings. The van der Waals surface area contributed by atoms with Crippen molar-refractivity contribution in [3.63, 3.8) is 0 Å². The molecule has 3 N–H and O–H groups in total. The SMILES string of the molecule is CCCC(CCN)CCC(=O)NCCOCCOC. The van der Waals surface area contributed by atoms with Crippen molar-refractivity contribution in [1.82, 2.24) is 5.32 Å². The third-order valence-electron chi connectivity index (χ3n) is 3.05. The summed E-state index contributed by atoms with van der Waals surface area (Å²) in [6.07, 6.45) is 4.84. The molecule has 0 saturated heterocycles. The Kier molecular flexibility index (Phi) is 13.3. The fourth-order valence-electron chi connectivity index (χ4n) is 2.01. The molecule has 0 saturated carbocycles. The largest absolute Gasteiger partial charge is 0.382 e. The van der Waals surface area contributed by atoms with Crippen LogP contribution in [0.4, 0.5) is 0 Å². The van der Waals surface area contributed by atoms with Crippen molar-refractivity contribution >= 4 is 5.91 Å². The average Bonchev–Trinajstić information content (AvgIpc) is 2.40. The summed E-state index contributed by atoms with van der Waals surface area (Å²) < 4.78 is 10.1. The van der Waals surface area contributed by atoms with Crippen molar-refractivity contribution in [2.75, 3.05) is 40.0 Å². The van der Waals surface area contributed by atoms with Crippen molar-refractivity contribution in [1.29, 1.82) is 0 Å². The van der Waals surface area contributed by atoms with E-state index in [0.717, 1.165) is 25.7 Å². The minimum absolute atomic E-state index is 0.105. The molecule has 0 aromatic carbocycles. The first-order valence-electron chi connectivity index (χ1n) is 7.28. The van der Waals surface area contributed by atoms with Crippen LogP contribution in [0.1, 0.15) is 39.0 Å². The first-order valence-corrected chi connectivity index (χ1v) is 7.28. The van der Waals surface area contributed by atoms with Crippen LogP contribution in [-0.4, -0.2) is 45.9 Å². The molecule has 1 amide bonds.